The molecule has 1 aliphatic heterocycles. The summed E-state index contributed by atoms with van der Waals surface area (Å²) in [6.45, 7) is 2.83. The average molecular weight is 271 g/mol. The van der Waals surface area contributed by atoms with Crippen LogP contribution in [0.15, 0.2) is 0 Å². The molecular formula is C8H17NO5S2. The molecule has 0 spiro atoms. The molecule has 1 aliphatic rings. The number of aliphatic hydroxyl groups is 1. The third-order valence-electron chi connectivity index (χ3n) is 2.34. The molecule has 1 heterocycles. The zero-order valence-corrected chi connectivity index (χ0v) is 10.9. The summed E-state index contributed by atoms with van der Waals surface area (Å²) in [5.74, 6) is -0.407. The fourth-order valence-electron chi connectivity index (χ4n) is 1.40. The van der Waals surface area contributed by atoms with Crippen molar-refractivity contribution in [3.05, 3.63) is 0 Å². The molecule has 0 aromatic carbocycles. The highest BCUT2D eigenvalue weighted by Gasteiger charge is 2.37. The highest BCUT2D eigenvalue weighted by Crippen LogP contribution is 2.18. The van der Waals surface area contributed by atoms with Crippen LogP contribution in [0.4, 0.5) is 0 Å². The molecule has 0 aliphatic carbocycles. The van der Waals surface area contributed by atoms with E-state index >= 15 is 0 Å². The second-order valence-corrected chi connectivity index (χ2v) is 8.98. The number of rotatable bonds is 4. The minimum Gasteiger partial charge on any atom is -0.389 e. The molecule has 8 heteroatoms. The fourth-order valence-corrected chi connectivity index (χ4v) is 5.65. The van der Waals surface area contributed by atoms with E-state index in [-0.39, 0.29) is 24.5 Å². The predicted octanol–water partition coefficient (Wildman–Crippen LogP) is -1.14. The Morgan fingerprint density at radius 3 is 2.38 bits per heavy atom. The minimum absolute atomic E-state index is 0.0822. The van der Waals surface area contributed by atoms with Crippen molar-refractivity contribution in [1.29, 1.82) is 0 Å². The first kappa shape index (κ1) is 13.9. The van der Waals surface area contributed by atoms with Crippen LogP contribution in [-0.2, 0) is 19.9 Å². The Morgan fingerprint density at radius 2 is 2.00 bits per heavy atom. The zero-order valence-electron chi connectivity index (χ0n) is 9.30. The van der Waals surface area contributed by atoms with Gasteiger partial charge in [0.15, 0.2) is 9.84 Å². The van der Waals surface area contributed by atoms with Crippen LogP contribution in [0, 0.1) is 0 Å². The number of nitrogens with one attached hydrogen (secondary N) is 1. The van der Waals surface area contributed by atoms with Gasteiger partial charge in [-0.3, -0.25) is 0 Å². The molecule has 0 aromatic rings. The van der Waals surface area contributed by atoms with Crippen molar-refractivity contribution < 1.29 is 21.9 Å². The van der Waals surface area contributed by atoms with Gasteiger partial charge in [-0.1, -0.05) is 0 Å². The standard InChI is InChI=1S/C8H17NO5S2/c1-8(2,10)6-9-16(13,14)7-3-4-15(11,12)5-7/h7,9-10H,3-6H2,1-2H3. The first-order valence-corrected chi connectivity index (χ1v) is 8.30. The smallest absolute Gasteiger partial charge is 0.215 e. The lowest BCUT2D eigenvalue weighted by Crippen LogP contribution is -2.42. The minimum atomic E-state index is -3.65. The van der Waals surface area contributed by atoms with Crippen LogP contribution >= 0.6 is 0 Å². The molecular weight excluding hydrogens is 254 g/mol. The molecule has 1 fully saturated rings. The van der Waals surface area contributed by atoms with Crippen molar-refractivity contribution in [3.63, 3.8) is 0 Å². The molecule has 1 atom stereocenters. The van der Waals surface area contributed by atoms with Gasteiger partial charge in [0.1, 0.15) is 0 Å². The van der Waals surface area contributed by atoms with Crippen molar-refractivity contribution in [2.75, 3.05) is 18.1 Å². The maximum atomic E-state index is 11.7. The highest BCUT2D eigenvalue weighted by atomic mass is 32.2. The molecule has 1 saturated heterocycles. The van der Waals surface area contributed by atoms with Crippen LogP contribution < -0.4 is 4.72 Å². The summed E-state index contributed by atoms with van der Waals surface area (Å²) in [7, 11) is -6.87. The van der Waals surface area contributed by atoms with E-state index in [0.717, 1.165) is 0 Å². The molecule has 0 saturated carbocycles. The topological polar surface area (TPSA) is 101 Å². The molecule has 96 valence electrons. The van der Waals surface area contributed by atoms with E-state index in [1.165, 1.54) is 13.8 Å². The van der Waals surface area contributed by atoms with Crippen molar-refractivity contribution >= 4 is 19.9 Å². The van der Waals surface area contributed by atoms with E-state index in [0.29, 0.717) is 0 Å². The van der Waals surface area contributed by atoms with Gasteiger partial charge in [0.05, 0.1) is 22.4 Å². The zero-order chi connectivity index (χ0) is 12.6. The molecule has 0 radical (unpaired) electrons. The summed E-state index contributed by atoms with van der Waals surface area (Å²) in [6, 6.07) is 0. The van der Waals surface area contributed by atoms with E-state index in [2.05, 4.69) is 4.72 Å². The van der Waals surface area contributed by atoms with Gasteiger partial charge in [-0.25, -0.2) is 21.6 Å². The van der Waals surface area contributed by atoms with Crippen molar-refractivity contribution in [1.82, 2.24) is 4.72 Å². The number of hydrogen-bond acceptors (Lipinski definition) is 5. The summed E-state index contributed by atoms with van der Waals surface area (Å²) in [5.41, 5.74) is -1.15. The maximum Gasteiger partial charge on any atom is 0.215 e. The Bertz CT molecular complexity index is 445. The number of sulfone groups is 1. The van der Waals surface area contributed by atoms with E-state index in [4.69, 9.17) is 0 Å². The van der Waals surface area contributed by atoms with E-state index < -0.39 is 30.7 Å². The first-order chi connectivity index (χ1) is 7.02. The fraction of sp³-hybridized carbons (Fsp3) is 1.00. The monoisotopic (exact) mass is 271 g/mol. The lowest BCUT2D eigenvalue weighted by Gasteiger charge is -2.19. The lowest BCUT2D eigenvalue weighted by atomic mass is 10.1. The summed E-state index contributed by atoms with van der Waals surface area (Å²) in [5, 5.41) is 8.49. The van der Waals surface area contributed by atoms with Crippen LogP contribution in [0.3, 0.4) is 0 Å². The summed E-state index contributed by atoms with van der Waals surface area (Å²) in [6.07, 6.45) is 0.128. The normalized spacial score (nSPS) is 25.8. The van der Waals surface area contributed by atoms with Gasteiger partial charge in [-0.15, -0.1) is 0 Å². The van der Waals surface area contributed by atoms with Crippen LogP contribution in [0.25, 0.3) is 0 Å². The molecule has 1 unspecified atom stereocenters. The molecule has 16 heavy (non-hydrogen) atoms. The summed E-state index contributed by atoms with van der Waals surface area (Å²) >= 11 is 0. The van der Waals surface area contributed by atoms with Crippen LogP contribution in [0.2, 0.25) is 0 Å². The van der Waals surface area contributed by atoms with E-state index in [1.807, 2.05) is 0 Å². The largest absolute Gasteiger partial charge is 0.389 e. The highest BCUT2D eigenvalue weighted by molar-refractivity contribution is 7.95. The Hall–Kier alpha value is -0.180. The molecule has 0 aromatic heterocycles. The molecule has 2 N–H and O–H groups in total. The van der Waals surface area contributed by atoms with Crippen molar-refractivity contribution in [2.45, 2.75) is 31.1 Å². The average Bonchev–Trinajstić information content (AvgIpc) is 2.42. The quantitative estimate of drug-likeness (QED) is 0.673. The van der Waals surface area contributed by atoms with Gasteiger partial charge >= 0.3 is 0 Å². The van der Waals surface area contributed by atoms with Crippen LogP contribution in [0.5, 0.6) is 0 Å². The van der Waals surface area contributed by atoms with Crippen LogP contribution in [-0.4, -0.2) is 50.8 Å². The Kier molecular flexibility index (Phi) is 3.68. The van der Waals surface area contributed by atoms with Crippen LogP contribution in [0.1, 0.15) is 20.3 Å². The van der Waals surface area contributed by atoms with E-state index in [1.54, 1.807) is 0 Å². The second kappa shape index (κ2) is 4.25. The Labute approximate surface area is 96.0 Å². The van der Waals surface area contributed by atoms with Gasteiger partial charge in [-0.05, 0) is 20.3 Å². The maximum absolute atomic E-state index is 11.7. The Morgan fingerprint density at radius 1 is 1.44 bits per heavy atom. The second-order valence-electron chi connectivity index (χ2n) is 4.70. The summed E-state index contributed by atoms with van der Waals surface area (Å²) in [4.78, 5) is 0. The predicted molar refractivity (Wildman–Crippen MR) is 60.3 cm³/mol. The van der Waals surface area contributed by atoms with Crippen molar-refractivity contribution in [2.24, 2.45) is 0 Å². The third kappa shape index (κ3) is 4.00. The van der Waals surface area contributed by atoms with Gasteiger partial charge in [0.25, 0.3) is 0 Å². The molecule has 6 nitrogen and oxygen atoms in total. The van der Waals surface area contributed by atoms with Gasteiger partial charge < -0.3 is 5.11 Å². The summed E-state index contributed by atoms with van der Waals surface area (Å²) < 4.78 is 47.9. The van der Waals surface area contributed by atoms with Gasteiger partial charge in [0.2, 0.25) is 10.0 Å². The SMILES string of the molecule is CC(C)(O)CNS(=O)(=O)C1CCS(=O)(=O)C1. The van der Waals surface area contributed by atoms with Gasteiger partial charge in [-0.2, -0.15) is 0 Å². The molecule has 0 bridgehead atoms. The number of hydrogen-bond donors (Lipinski definition) is 2. The van der Waals surface area contributed by atoms with Gasteiger partial charge in [0, 0.05) is 6.54 Å². The van der Waals surface area contributed by atoms with Crippen molar-refractivity contribution in [3.8, 4) is 0 Å². The van der Waals surface area contributed by atoms with E-state index in [9.17, 15) is 21.9 Å². The lowest BCUT2D eigenvalue weighted by molar-refractivity contribution is 0.0856. The Balaban J connectivity index is 2.67. The molecule has 1 rings (SSSR count). The number of sulfonamides is 1. The molecule has 0 amide bonds. The first-order valence-electron chi connectivity index (χ1n) is 4.93. The third-order valence-corrected chi connectivity index (χ3v) is 6.14.